The number of aromatic carboxylic acids is 2. The summed E-state index contributed by atoms with van der Waals surface area (Å²) in [6.45, 7) is 15.2. The minimum absolute atomic E-state index is 0.00646. The van der Waals surface area contributed by atoms with Gasteiger partial charge >= 0.3 is 5.97 Å². The van der Waals surface area contributed by atoms with Crippen molar-refractivity contribution in [1.29, 1.82) is 0 Å². The number of rotatable bonds is 24. The van der Waals surface area contributed by atoms with Crippen LogP contribution < -0.4 is 5.11 Å². The fraction of sp³-hybridized carbons (Fsp3) is 0.632. The largest absolute Gasteiger partial charge is 0.545 e. The molecule has 0 aliphatic rings. The van der Waals surface area contributed by atoms with Gasteiger partial charge in [0.2, 0.25) is 0 Å². The smallest absolute Gasteiger partial charge is 0.335 e. The summed E-state index contributed by atoms with van der Waals surface area (Å²) in [5.41, 5.74) is 0.116. The first-order valence-electron chi connectivity index (χ1n) is 17.6. The van der Waals surface area contributed by atoms with Gasteiger partial charge < -0.3 is 19.5 Å². The number of hydrogen-bond acceptors (Lipinski definition) is 4. The number of carboxylic acid groups (broad SMARTS) is 2. The summed E-state index contributed by atoms with van der Waals surface area (Å²) in [5.74, 6) is -2.35. The van der Waals surface area contributed by atoms with E-state index in [1.807, 2.05) is 0 Å². The van der Waals surface area contributed by atoms with Crippen LogP contribution in [0.25, 0.3) is 0 Å². The van der Waals surface area contributed by atoms with Crippen molar-refractivity contribution in [3.05, 3.63) is 59.7 Å². The third-order valence-corrected chi connectivity index (χ3v) is 9.96. The van der Waals surface area contributed by atoms with E-state index in [0.717, 1.165) is 0 Å². The Kier molecular flexibility index (Phi) is 22.2. The molecule has 0 saturated heterocycles. The van der Waals surface area contributed by atoms with Crippen molar-refractivity contribution < 1.29 is 28.5 Å². The van der Waals surface area contributed by atoms with Crippen molar-refractivity contribution in [2.45, 2.75) is 140 Å². The van der Waals surface area contributed by atoms with Crippen LogP contribution in [-0.4, -0.2) is 51.9 Å². The third-order valence-electron chi connectivity index (χ3n) is 8.56. The van der Waals surface area contributed by atoms with Gasteiger partial charge in [-0.25, -0.2) is 9.00 Å². The molecular formula is C38H61NO5S. The lowest BCUT2D eigenvalue weighted by atomic mass is 10.1. The van der Waals surface area contributed by atoms with E-state index < -0.39 is 22.7 Å². The van der Waals surface area contributed by atoms with Crippen molar-refractivity contribution in [1.82, 2.24) is 0 Å². The van der Waals surface area contributed by atoms with Gasteiger partial charge in [-0.15, -0.1) is 0 Å². The molecule has 1 unspecified atom stereocenters. The summed E-state index contributed by atoms with van der Waals surface area (Å²) in [4.78, 5) is 22.2. The number of carbonyl (C=O) groups is 2. The first-order valence-corrected chi connectivity index (χ1v) is 18.8. The molecule has 1 N–H and O–H groups in total. The van der Waals surface area contributed by atoms with E-state index in [2.05, 4.69) is 27.7 Å². The Morgan fingerprint density at radius 1 is 0.556 bits per heavy atom. The molecule has 0 spiro atoms. The maximum atomic E-state index is 12.2. The molecule has 0 radical (unpaired) electrons. The van der Waals surface area contributed by atoms with Gasteiger partial charge in [-0.1, -0.05) is 91.2 Å². The Morgan fingerprint density at radius 3 is 1.13 bits per heavy atom. The molecule has 6 nitrogen and oxygen atoms in total. The number of carboxylic acids is 2. The summed E-state index contributed by atoms with van der Waals surface area (Å²) in [6.07, 6.45) is 22.8. The van der Waals surface area contributed by atoms with Gasteiger partial charge in [-0.3, -0.25) is 0 Å². The van der Waals surface area contributed by atoms with Crippen LogP contribution in [0.4, 0.5) is 0 Å². The molecule has 254 valence electrons. The van der Waals surface area contributed by atoms with Crippen molar-refractivity contribution >= 4 is 22.7 Å². The van der Waals surface area contributed by atoms with E-state index >= 15 is 0 Å². The van der Waals surface area contributed by atoms with Crippen molar-refractivity contribution in [3.8, 4) is 0 Å². The molecule has 0 fully saturated rings. The van der Waals surface area contributed by atoms with Crippen LogP contribution in [0.5, 0.6) is 0 Å². The minimum atomic E-state index is -1.50. The number of hydrogen-bond donors (Lipinski definition) is 1. The highest BCUT2D eigenvalue weighted by atomic mass is 32.2. The fourth-order valence-corrected chi connectivity index (χ4v) is 6.78. The van der Waals surface area contributed by atoms with Gasteiger partial charge in [0.05, 0.1) is 48.5 Å². The average molecular weight is 644 g/mol. The van der Waals surface area contributed by atoms with E-state index in [-0.39, 0.29) is 11.1 Å². The highest BCUT2D eigenvalue weighted by molar-refractivity contribution is 7.85. The number of unbranched alkanes of at least 4 members (excludes halogenated alkanes) is 12. The molecular weight excluding hydrogens is 582 g/mol. The van der Waals surface area contributed by atoms with Gasteiger partial charge in [0.15, 0.2) is 0 Å². The Hall–Kier alpha value is -2.51. The maximum Gasteiger partial charge on any atom is 0.335 e. The molecule has 0 saturated carbocycles. The van der Waals surface area contributed by atoms with Crippen molar-refractivity contribution in [2.24, 2.45) is 0 Å². The van der Waals surface area contributed by atoms with E-state index in [9.17, 15) is 18.9 Å². The van der Waals surface area contributed by atoms with Gasteiger partial charge in [0, 0.05) is 9.79 Å². The predicted molar refractivity (Wildman–Crippen MR) is 185 cm³/mol. The number of nitrogens with zero attached hydrogens (tertiary/aromatic N) is 1. The highest BCUT2D eigenvalue weighted by Gasteiger charge is 2.25. The van der Waals surface area contributed by atoms with Gasteiger partial charge in [0.1, 0.15) is 0 Å². The van der Waals surface area contributed by atoms with Gasteiger partial charge in [-0.2, -0.15) is 0 Å². The lowest BCUT2D eigenvalue weighted by Crippen LogP contribution is -2.50. The van der Waals surface area contributed by atoms with Gasteiger partial charge in [0.25, 0.3) is 0 Å². The molecule has 0 heterocycles. The SMILES string of the molecule is CCCCCC[N+](CCCCCC)(CCCCCC)CCCCCC.O=C([O-])c1ccc(S(=O)c2ccc(C(=O)O)cc2)cc1. The van der Waals surface area contributed by atoms with Crippen molar-refractivity contribution in [2.75, 3.05) is 26.2 Å². The monoisotopic (exact) mass is 643 g/mol. The second-order valence-corrected chi connectivity index (χ2v) is 13.9. The minimum Gasteiger partial charge on any atom is -0.545 e. The fourth-order valence-electron chi connectivity index (χ4n) is 5.74. The topological polar surface area (TPSA) is 94.5 Å². The predicted octanol–water partition coefficient (Wildman–Crippen LogP) is 9.04. The summed E-state index contributed by atoms with van der Waals surface area (Å²) in [6, 6.07) is 11.2. The van der Waals surface area contributed by atoms with Gasteiger partial charge in [-0.05, 0) is 93.3 Å². The zero-order chi connectivity index (χ0) is 33.3. The standard InChI is InChI=1S/C24H52N.C14H10O5S/c1-5-9-13-17-21-25(22-18-14-10-6-2,23-19-15-11-7-3)24-20-16-12-8-4;15-13(16)9-1-5-11(6-2-9)20(19)12-7-3-10(4-8-12)14(17)18/h5-24H2,1-4H3;1-8H,(H,15,16)(H,17,18)/q+1;/p-1. The van der Waals surface area contributed by atoms with E-state index in [4.69, 9.17) is 5.11 Å². The second-order valence-electron chi connectivity index (χ2n) is 12.4. The second kappa shape index (κ2) is 24.7. The molecule has 1 atom stereocenters. The highest BCUT2D eigenvalue weighted by Crippen LogP contribution is 2.20. The van der Waals surface area contributed by atoms with Crippen LogP contribution in [0.2, 0.25) is 0 Å². The Bertz CT molecular complexity index is 971. The summed E-state index contributed by atoms with van der Waals surface area (Å²) >= 11 is 0. The summed E-state index contributed by atoms with van der Waals surface area (Å²) < 4.78 is 13.7. The third kappa shape index (κ3) is 17.1. The molecule has 2 rings (SSSR count). The van der Waals surface area contributed by atoms with Crippen LogP contribution in [0, 0.1) is 0 Å². The first kappa shape index (κ1) is 40.5. The van der Waals surface area contributed by atoms with Crippen LogP contribution in [0.15, 0.2) is 58.3 Å². The summed E-state index contributed by atoms with van der Waals surface area (Å²) in [5, 5.41) is 19.4. The maximum absolute atomic E-state index is 12.2. The number of quaternary nitrogens is 1. The molecule has 7 heteroatoms. The number of carbonyl (C=O) groups excluding carboxylic acids is 1. The zero-order valence-corrected chi connectivity index (χ0v) is 29.5. The molecule has 45 heavy (non-hydrogen) atoms. The van der Waals surface area contributed by atoms with Crippen LogP contribution in [0.1, 0.15) is 151 Å². The first-order chi connectivity index (χ1) is 21.7. The zero-order valence-electron chi connectivity index (χ0n) is 28.7. The molecule has 2 aromatic carbocycles. The Labute approximate surface area is 276 Å². The Balaban J connectivity index is 0.000000459. The lowest BCUT2D eigenvalue weighted by Gasteiger charge is -2.39. The molecule has 0 amide bonds. The molecule has 0 aliphatic carbocycles. The molecule has 0 bridgehead atoms. The molecule has 2 aromatic rings. The quantitative estimate of drug-likeness (QED) is 0.0910. The molecule has 0 aromatic heterocycles. The Morgan fingerprint density at radius 2 is 0.867 bits per heavy atom. The van der Waals surface area contributed by atoms with Crippen molar-refractivity contribution in [3.63, 3.8) is 0 Å². The average Bonchev–Trinajstić information content (AvgIpc) is 3.05. The normalized spacial score (nSPS) is 11.9. The van der Waals surface area contributed by atoms with E-state index in [1.54, 1.807) is 0 Å². The van der Waals surface area contributed by atoms with E-state index in [0.29, 0.717) is 9.79 Å². The lowest BCUT2D eigenvalue weighted by molar-refractivity contribution is -0.929. The van der Waals surface area contributed by atoms with E-state index in [1.165, 1.54) is 182 Å². The number of benzene rings is 2. The molecule has 0 aliphatic heterocycles. The van der Waals surface area contributed by atoms with Crippen LogP contribution in [-0.2, 0) is 10.8 Å². The van der Waals surface area contributed by atoms with Crippen LogP contribution in [0.3, 0.4) is 0 Å². The van der Waals surface area contributed by atoms with Crippen LogP contribution >= 0.6 is 0 Å². The summed E-state index contributed by atoms with van der Waals surface area (Å²) in [7, 11) is -1.50.